The van der Waals surface area contributed by atoms with Crippen molar-refractivity contribution in [3.63, 3.8) is 0 Å². The van der Waals surface area contributed by atoms with E-state index in [-0.39, 0.29) is 6.61 Å². The average molecular weight is 229 g/mol. The van der Waals surface area contributed by atoms with Crippen LogP contribution in [-0.2, 0) is 0 Å². The van der Waals surface area contributed by atoms with Gasteiger partial charge in [0.25, 0.3) is 0 Å². The maximum Gasteiger partial charge on any atom is 0.241 e. The fourth-order valence-electron chi connectivity index (χ4n) is 0.964. The van der Waals surface area contributed by atoms with E-state index < -0.39 is 0 Å². The topological polar surface area (TPSA) is 81.3 Å². The van der Waals surface area contributed by atoms with Crippen LogP contribution in [-0.4, -0.2) is 34.0 Å². The summed E-state index contributed by atoms with van der Waals surface area (Å²) in [5.74, 6) is 1.21. The van der Waals surface area contributed by atoms with Gasteiger partial charge in [-0.3, -0.25) is 0 Å². The molecule has 1 rings (SSSR count). The molecule has 3 N–H and O–H groups in total. The molecule has 6 heteroatoms. The van der Waals surface area contributed by atoms with E-state index in [2.05, 4.69) is 9.97 Å². The van der Waals surface area contributed by atoms with Crippen molar-refractivity contribution in [2.24, 2.45) is 0 Å². The Kier molecular flexibility index (Phi) is 5.20. The number of rotatable bonds is 6. The Labute approximate surface area is 93.1 Å². The Morgan fingerprint density at radius 1 is 1.53 bits per heavy atom. The number of aliphatic hydroxyl groups is 1. The number of nitrogen functional groups attached to an aromatic ring is 1. The van der Waals surface area contributed by atoms with E-state index in [1.807, 2.05) is 6.92 Å². The summed E-state index contributed by atoms with van der Waals surface area (Å²) >= 11 is 1.50. The minimum Gasteiger partial charge on any atom is -0.476 e. The van der Waals surface area contributed by atoms with E-state index in [0.29, 0.717) is 23.2 Å². The maximum absolute atomic E-state index is 8.65. The van der Waals surface area contributed by atoms with Gasteiger partial charge in [-0.2, -0.15) is 4.98 Å². The molecule has 0 saturated heterocycles. The molecule has 0 aliphatic heterocycles. The van der Waals surface area contributed by atoms with E-state index >= 15 is 0 Å². The monoisotopic (exact) mass is 229 g/mol. The quantitative estimate of drug-likeness (QED) is 0.429. The molecule has 0 radical (unpaired) electrons. The number of nitrogens with zero attached hydrogens (tertiary/aromatic N) is 2. The zero-order valence-electron chi connectivity index (χ0n) is 8.64. The van der Waals surface area contributed by atoms with Crippen molar-refractivity contribution < 1.29 is 9.84 Å². The highest BCUT2D eigenvalue weighted by Crippen LogP contribution is 2.28. The molecule has 0 aliphatic carbocycles. The summed E-state index contributed by atoms with van der Waals surface area (Å²) in [4.78, 5) is 7.99. The molecule has 0 aliphatic rings. The van der Waals surface area contributed by atoms with Crippen LogP contribution >= 0.6 is 11.8 Å². The predicted molar refractivity (Wildman–Crippen MR) is 60.0 cm³/mol. The van der Waals surface area contributed by atoms with Crippen LogP contribution in [0.15, 0.2) is 11.4 Å². The molecule has 0 fully saturated rings. The maximum atomic E-state index is 8.65. The number of hydrogen-bond donors (Lipinski definition) is 2. The van der Waals surface area contributed by atoms with Crippen molar-refractivity contribution in [2.45, 2.75) is 18.4 Å². The SMILES string of the molecule is CCOc1ncnc(SCCCO)c1N. The normalized spacial score (nSPS) is 10.3. The summed E-state index contributed by atoms with van der Waals surface area (Å²) in [7, 11) is 0. The van der Waals surface area contributed by atoms with Gasteiger partial charge in [0.1, 0.15) is 17.0 Å². The second-order valence-electron chi connectivity index (χ2n) is 2.76. The molecule has 0 unspecified atom stereocenters. The summed E-state index contributed by atoms with van der Waals surface area (Å²) in [5, 5.41) is 9.36. The summed E-state index contributed by atoms with van der Waals surface area (Å²) in [5.41, 5.74) is 6.29. The minimum absolute atomic E-state index is 0.177. The van der Waals surface area contributed by atoms with Gasteiger partial charge in [0.2, 0.25) is 5.88 Å². The van der Waals surface area contributed by atoms with Crippen molar-refractivity contribution in [2.75, 3.05) is 24.7 Å². The smallest absolute Gasteiger partial charge is 0.241 e. The lowest BCUT2D eigenvalue weighted by Crippen LogP contribution is -2.02. The first-order valence-electron chi connectivity index (χ1n) is 4.76. The molecule has 0 spiro atoms. The third kappa shape index (κ3) is 3.56. The van der Waals surface area contributed by atoms with E-state index in [1.165, 1.54) is 18.1 Å². The number of aliphatic hydroxyl groups excluding tert-OH is 1. The van der Waals surface area contributed by atoms with Crippen molar-refractivity contribution in [3.05, 3.63) is 6.33 Å². The molecular weight excluding hydrogens is 214 g/mol. The van der Waals surface area contributed by atoms with Gasteiger partial charge in [-0.25, -0.2) is 4.98 Å². The molecule has 0 aromatic carbocycles. The average Bonchev–Trinajstić information content (AvgIpc) is 2.24. The third-order valence-electron chi connectivity index (χ3n) is 1.63. The molecule has 0 saturated carbocycles. The molecule has 0 atom stereocenters. The molecule has 0 amide bonds. The Morgan fingerprint density at radius 3 is 3.00 bits per heavy atom. The van der Waals surface area contributed by atoms with E-state index in [1.54, 1.807) is 0 Å². The van der Waals surface area contributed by atoms with Gasteiger partial charge in [0, 0.05) is 12.4 Å². The van der Waals surface area contributed by atoms with Crippen LogP contribution in [0, 0.1) is 0 Å². The van der Waals surface area contributed by atoms with Crippen LogP contribution < -0.4 is 10.5 Å². The van der Waals surface area contributed by atoms with Crippen molar-refractivity contribution in [3.8, 4) is 5.88 Å². The first-order chi connectivity index (χ1) is 7.29. The van der Waals surface area contributed by atoms with Gasteiger partial charge < -0.3 is 15.6 Å². The van der Waals surface area contributed by atoms with Gasteiger partial charge in [0.05, 0.1) is 6.61 Å². The van der Waals surface area contributed by atoms with Crippen LogP contribution in [0.2, 0.25) is 0 Å². The molecule has 1 aromatic heterocycles. The van der Waals surface area contributed by atoms with Gasteiger partial charge >= 0.3 is 0 Å². The van der Waals surface area contributed by atoms with Gasteiger partial charge in [-0.15, -0.1) is 11.8 Å². The van der Waals surface area contributed by atoms with Crippen LogP contribution in [0.1, 0.15) is 13.3 Å². The molecular formula is C9H15N3O2S. The highest BCUT2D eigenvalue weighted by molar-refractivity contribution is 7.99. The first-order valence-corrected chi connectivity index (χ1v) is 5.75. The highest BCUT2D eigenvalue weighted by atomic mass is 32.2. The number of aromatic nitrogens is 2. The van der Waals surface area contributed by atoms with E-state index in [4.69, 9.17) is 15.6 Å². The lowest BCUT2D eigenvalue weighted by Gasteiger charge is -2.08. The molecule has 84 valence electrons. The second-order valence-corrected chi connectivity index (χ2v) is 3.84. The number of nitrogens with two attached hydrogens (primary N) is 1. The Bertz CT molecular complexity index is 309. The zero-order chi connectivity index (χ0) is 11.1. The van der Waals surface area contributed by atoms with Crippen LogP contribution in [0.4, 0.5) is 5.69 Å². The van der Waals surface area contributed by atoms with Gasteiger partial charge in [-0.1, -0.05) is 0 Å². The highest BCUT2D eigenvalue weighted by Gasteiger charge is 2.08. The summed E-state index contributed by atoms with van der Waals surface area (Å²) in [6.45, 7) is 2.58. The minimum atomic E-state index is 0.177. The molecule has 1 aromatic rings. The molecule has 15 heavy (non-hydrogen) atoms. The second kappa shape index (κ2) is 6.47. The third-order valence-corrected chi connectivity index (χ3v) is 2.72. The fourth-order valence-corrected chi connectivity index (χ4v) is 1.80. The van der Waals surface area contributed by atoms with Crippen LogP contribution in [0.5, 0.6) is 5.88 Å². The Hall–Kier alpha value is -1.01. The number of anilines is 1. The first kappa shape index (κ1) is 12.1. The number of hydrogen-bond acceptors (Lipinski definition) is 6. The molecule has 0 bridgehead atoms. The Balaban J connectivity index is 2.66. The van der Waals surface area contributed by atoms with Gasteiger partial charge in [-0.05, 0) is 13.3 Å². The predicted octanol–water partition coefficient (Wildman–Crippen LogP) is 0.932. The summed E-state index contributed by atoms with van der Waals surface area (Å²) < 4.78 is 5.24. The van der Waals surface area contributed by atoms with E-state index in [9.17, 15) is 0 Å². The van der Waals surface area contributed by atoms with Crippen LogP contribution in [0.3, 0.4) is 0 Å². The lowest BCUT2D eigenvalue weighted by molar-refractivity contribution is 0.296. The number of ether oxygens (including phenoxy) is 1. The van der Waals surface area contributed by atoms with Crippen molar-refractivity contribution >= 4 is 17.4 Å². The van der Waals surface area contributed by atoms with Crippen molar-refractivity contribution in [1.82, 2.24) is 9.97 Å². The number of thioether (sulfide) groups is 1. The molecule has 5 nitrogen and oxygen atoms in total. The van der Waals surface area contributed by atoms with Crippen LogP contribution in [0.25, 0.3) is 0 Å². The summed E-state index contributed by atoms with van der Waals surface area (Å²) in [6, 6.07) is 0. The van der Waals surface area contributed by atoms with Gasteiger partial charge in [0.15, 0.2) is 0 Å². The largest absolute Gasteiger partial charge is 0.476 e. The fraction of sp³-hybridized carbons (Fsp3) is 0.556. The molecule has 1 heterocycles. The zero-order valence-corrected chi connectivity index (χ0v) is 9.46. The van der Waals surface area contributed by atoms with Crippen molar-refractivity contribution in [1.29, 1.82) is 0 Å². The Morgan fingerprint density at radius 2 is 2.33 bits per heavy atom. The standard InChI is InChI=1S/C9H15N3O2S/c1-2-14-8-7(10)9(12-6-11-8)15-5-3-4-13/h6,13H,2-5,10H2,1H3. The summed E-state index contributed by atoms with van der Waals surface area (Å²) in [6.07, 6.45) is 2.15. The van der Waals surface area contributed by atoms with E-state index in [0.717, 1.165) is 12.2 Å². The lowest BCUT2D eigenvalue weighted by atomic mass is 10.5.